The fourth-order valence-corrected chi connectivity index (χ4v) is 6.34. The Morgan fingerprint density at radius 1 is 1.30 bits per heavy atom. The number of amides is 1. The maximum atomic E-state index is 13.3. The first kappa shape index (κ1) is 21.7. The maximum absolute atomic E-state index is 13.3. The molecule has 1 aromatic heterocycles. The first-order valence-corrected chi connectivity index (χ1v) is 12.1. The Bertz CT molecular complexity index is 867. The van der Waals surface area contributed by atoms with Crippen LogP contribution < -0.4 is 5.32 Å². The summed E-state index contributed by atoms with van der Waals surface area (Å²) in [6.07, 6.45) is 0.406. The summed E-state index contributed by atoms with van der Waals surface area (Å²) in [7, 11) is 3.15. The maximum Gasteiger partial charge on any atom is 0.242 e. The number of nitrogens with one attached hydrogen (secondary N) is 1. The SMILES string of the molecule is COC(OC)[C@@H]1CSCN1C(=O)[C@H]1NCSC1C(=O)CCc1cc2ccccc2o1. The van der Waals surface area contributed by atoms with E-state index in [4.69, 9.17) is 13.9 Å². The number of fused-ring (bicyclic) bond motifs is 1. The van der Waals surface area contributed by atoms with E-state index in [1.165, 1.54) is 11.8 Å². The molecule has 1 aromatic carbocycles. The molecule has 2 aliphatic heterocycles. The number of ether oxygens (including phenoxy) is 2. The standard InChI is InChI=1S/C21H26N2O5S2/c1-26-21(27-2)15-10-29-12-23(15)20(25)18-19(30-11-22-18)16(24)8-7-14-9-13-5-3-4-6-17(13)28-14/h3-6,9,15,18-19,21-22H,7-8,10-12H2,1-2H3/t15-,18-,19?/m0/s1. The van der Waals surface area contributed by atoms with E-state index in [9.17, 15) is 9.59 Å². The second kappa shape index (κ2) is 9.74. The molecule has 2 aliphatic rings. The number of aryl methyl sites for hydroxylation is 1. The Labute approximate surface area is 184 Å². The highest BCUT2D eigenvalue weighted by Gasteiger charge is 2.44. The molecule has 0 spiro atoms. The molecule has 2 fully saturated rings. The van der Waals surface area contributed by atoms with Gasteiger partial charge in [0.15, 0.2) is 6.29 Å². The summed E-state index contributed by atoms with van der Waals surface area (Å²) in [6, 6.07) is 9.11. The first-order chi connectivity index (χ1) is 14.6. The summed E-state index contributed by atoms with van der Waals surface area (Å²) in [4.78, 5) is 28.0. The molecule has 3 atom stereocenters. The Morgan fingerprint density at radius 3 is 2.87 bits per heavy atom. The summed E-state index contributed by atoms with van der Waals surface area (Å²) >= 11 is 3.17. The van der Waals surface area contributed by atoms with E-state index in [0.717, 1.165) is 22.5 Å². The smallest absolute Gasteiger partial charge is 0.242 e. The van der Waals surface area contributed by atoms with E-state index in [1.807, 2.05) is 30.3 Å². The van der Waals surface area contributed by atoms with Crippen molar-refractivity contribution >= 4 is 46.2 Å². The third-order valence-corrected chi connectivity index (χ3v) is 7.79. The van der Waals surface area contributed by atoms with Crippen LogP contribution in [0.25, 0.3) is 11.0 Å². The van der Waals surface area contributed by atoms with Gasteiger partial charge in [-0.25, -0.2) is 0 Å². The van der Waals surface area contributed by atoms with Crippen LogP contribution in [0.15, 0.2) is 34.7 Å². The normalized spacial score (nSPS) is 24.2. The molecule has 0 aliphatic carbocycles. The lowest BCUT2D eigenvalue weighted by Crippen LogP contribution is -2.54. The molecule has 0 saturated carbocycles. The summed E-state index contributed by atoms with van der Waals surface area (Å²) in [5, 5.41) is 3.86. The molecule has 30 heavy (non-hydrogen) atoms. The number of furan rings is 1. The van der Waals surface area contributed by atoms with Crippen LogP contribution in [0.4, 0.5) is 0 Å². The van der Waals surface area contributed by atoms with Crippen LogP contribution in [0.1, 0.15) is 12.2 Å². The summed E-state index contributed by atoms with van der Waals surface area (Å²) < 4.78 is 16.6. The minimum Gasteiger partial charge on any atom is -0.461 e. The predicted molar refractivity (Wildman–Crippen MR) is 118 cm³/mol. The van der Waals surface area contributed by atoms with Gasteiger partial charge < -0.3 is 18.8 Å². The zero-order valence-corrected chi connectivity index (χ0v) is 18.7. The van der Waals surface area contributed by atoms with Gasteiger partial charge >= 0.3 is 0 Å². The van der Waals surface area contributed by atoms with Crippen LogP contribution in [0.5, 0.6) is 0 Å². The number of hydrogen-bond donors (Lipinski definition) is 1. The average Bonchev–Trinajstić information content (AvgIpc) is 3.51. The number of Topliss-reactive ketones (excluding diaryl/α,β-unsaturated/α-hetero) is 1. The van der Waals surface area contributed by atoms with Gasteiger partial charge in [0, 0.05) is 44.1 Å². The zero-order chi connectivity index (χ0) is 21.1. The van der Waals surface area contributed by atoms with E-state index in [2.05, 4.69) is 5.32 Å². The van der Waals surface area contributed by atoms with Gasteiger partial charge in [-0.05, 0) is 12.1 Å². The van der Waals surface area contributed by atoms with E-state index in [0.29, 0.717) is 24.6 Å². The number of thioether (sulfide) groups is 2. The van der Waals surface area contributed by atoms with Crippen LogP contribution in [0.3, 0.4) is 0 Å². The van der Waals surface area contributed by atoms with Gasteiger partial charge in [-0.2, -0.15) is 0 Å². The summed E-state index contributed by atoms with van der Waals surface area (Å²) in [5.74, 6) is 2.72. The van der Waals surface area contributed by atoms with Crippen molar-refractivity contribution in [2.24, 2.45) is 0 Å². The minimum atomic E-state index is -0.520. The molecule has 2 aromatic rings. The number of hydrogen-bond acceptors (Lipinski definition) is 8. The molecule has 2 saturated heterocycles. The molecule has 7 nitrogen and oxygen atoms in total. The molecule has 1 amide bonds. The Kier molecular flexibility index (Phi) is 7.05. The van der Waals surface area contributed by atoms with Crippen molar-refractivity contribution in [2.45, 2.75) is 36.5 Å². The molecule has 1 N–H and O–H groups in total. The fourth-order valence-electron chi connectivity index (χ4n) is 3.97. The van der Waals surface area contributed by atoms with Crippen LogP contribution in [-0.2, 0) is 25.5 Å². The molecule has 0 radical (unpaired) electrons. The lowest BCUT2D eigenvalue weighted by molar-refractivity contribution is -0.157. The van der Waals surface area contributed by atoms with E-state index in [1.54, 1.807) is 30.9 Å². The highest BCUT2D eigenvalue weighted by Crippen LogP contribution is 2.30. The molecule has 1 unspecified atom stereocenters. The van der Waals surface area contributed by atoms with Crippen molar-refractivity contribution in [3.63, 3.8) is 0 Å². The summed E-state index contributed by atoms with van der Waals surface area (Å²) in [5.41, 5.74) is 0.827. The van der Waals surface area contributed by atoms with Gasteiger partial charge in [0.05, 0.1) is 17.2 Å². The largest absolute Gasteiger partial charge is 0.461 e. The van der Waals surface area contributed by atoms with Gasteiger partial charge in [-0.3, -0.25) is 14.9 Å². The molecule has 3 heterocycles. The Balaban J connectivity index is 1.39. The fraction of sp³-hybridized carbons (Fsp3) is 0.524. The molecular formula is C21H26N2O5S2. The monoisotopic (exact) mass is 450 g/mol. The third kappa shape index (κ3) is 4.40. The second-order valence-electron chi connectivity index (χ2n) is 7.35. The third-order valence-electron chi connectivity index (χ3n) is 5.53. The Hall–Kier alpha value is -1.52. The average molecular weight is 451 g/mol. The predicted octanol–water partition coefficient (Wildman–Crippen LogP) is 2.49. The van der Waals surface area contributed by atoms with Gasteiger partial charge in [-0.15, -0.1) is 23.5 Å². The number of nitrogens with zero attached hydrogens (tertiary/aromatic N) is 1. The van der Waals surface area contributed by atoms with Crippen LogP contribution in [0.2, 0.25) is 0 Å². The topological polar surface area (TPSA) is 81.0 Å². The molecular weight excluding hydrogens is 424 g/mol. The lowest BCUT2D eigenvalue weighted by atomic mass is 10.0. The van der Waals surface area contributed by atoms with Crippen LogP contribution in [0, 0.1) is 0 Å². The van der Waals surface area contributed by atoms with Crippen molar-refractivity contribution < 1.29 is 23.5 Å². The summed E-state index contributed by atoms with van der Waals surface area (Å²) in [6.45, 7) is 0. The Morgan fingerprint density at radius 2 is 2.10 bits per heavy atom. The van der Waals surface area contributed by atoms with Gasteiger partial charge in [0.1, 0.15) is 23.2 Å². The van der Waals surface area contributed by atoms with E-state index >= 15 is 0 Å². The number of ketones is 1. The van der Waals surface area contributed by atoms with Gasteiger partial charge in [0.25, 0.3) is 0 Å². The second-order valence-corrected chi connectivity index (χ2v) is 9.47. The van der Waals surface area contributed by atoms with E-state index in [-0.39, 0.29) is 17.7 Å². The van der Waals surface area contributed by atoms with Crippen molar-refractivity contribution in [3.8, 4) is 0 Å². The molecule has 162 valence electrons. The number of carbonyl (C=O) groups excluding carboxylic acids is 2. The van der Waals surface area contributed by atoms with Gasteiger partial charge in [-0.1, -0.05) is 18.2 Å². The van der Waals surface area contributed by atoms with Crippen molar-refractivity contribution in [3.05, 3.63) is 36.1 Å². The number of methoxy groups -OCH3 is 2. The number of para-hydroxylation sites is 1. The van der Waals surface area contributed by atoms with Crippen molar-refractivity contribution in [1.82, 2.24) is 10.2 Å². The van der Waals surface area contributed by atoms with Crippen LogP contribution in [-0.4, -0.2) is 71.9 Å². The van der Waals surface area contributed by atoms with Crippen molar-refractivity contribution in [2.75, 3.05) is 31.7 Å². The number of carbonyl (C=O) groups is 2. The molecule has 9 heteroatoms. The first-order valence-electron chi connectivity index (χ1n) is 9.91. The minimum absolute atomic E-state index is 0.0591. The van der Waals surface area contributed by atoms with Gasteiger partial charge in [0.2, 0.25) is 5.91 Å². The van der Waals surface area contributed by atoms with Crippen LogP contribution >= 0.6 is 23.5 Å². The highest BCUT2D eigenvalue weighted by molar-refractivity contribution is 8.01. The lowest BCUT2D eigenvalue weighted by Gasteiger charge is -2.31. The molecule has 0 bridgehead atoms. The number of rotatable bonds is 8. The van der Waals surface area contributed by atoms with Crippen molar-refractivity contribution in [1.29, 1.82) is 0 Å². The van der Waals surface area contributed by atoms with E-state index < -0.39 is 17.6 Å². The zero-order valence-electron chi connectivity index (χ0n) is 17.0. The molecule has 4 rings (SSSR count). The quantitative estimate of drug-likeness (QED) is 0.615. The number of benzene rings is 1. The highest BCUT2D eigenvalue weighted by atomic mass is 32.2.